The monoisotopic (exact) mass is 315 g/mol. The van der Waals surface area contributed by atoms with Gasteiger partial charge in [-0.25, -0.2) is 9.48 Å². The van der Waals surface area contributed by atoms with Gasteiger partial charge in [-0.2, -0.15) is 0 Å². The number of aromatic nitrogens is 3. The van der Waals surface area contributed by atoms with Crippen molar-refractivity contribution in [1.82, 2.24) is 25.6 Å². The second kappa shape index (κ2) is 7.23. The molecule has 1 aliphatic carbocycles. The topological polar surface area (TPSA) is 92.1 Å². The van der Waals surface area contributed by atoms with Gasteiger partial charge in [0.25, 0.3) is 0 Å². The van der Waals surface area contributed by atoms with Crippen LogP contribution in [0.4, 0.5) is 4.79 Å². The number of hydrogen-bond acceptors (Lipinski definition) is 4. The van der Waals surface area contributed by atoms with E-state index in [2.05, 4.69) is 20.9 Å². The van der Waals surface area contributed by atoms with Crippen molar-refractivity contribution in [2.45, 2.75) is 44.4 Å². The summed E-state index contributed by atoms with van der Waals surface area (Å²) in [5.74, 6) is 0. The minimum Gasteiger partial charge on any atom is -0.391 e. The molecule has 1 aromatic carbocycles. The quantitative estimate of drug-likeness (QED) is 0.794. The van der Waals surface area contributed by atoms with E-state index in [1.54, 1.807) is 10.9 Å². The highest BCUT2D eigenvalue weighted by Gasteiger charge is 2.24. The highest BCUT2D eigenvalue weighted by atomic mass is 16.3. The smallest absolute Gasteiger partial charge is 0.315 e. The van der Waals surface area contributed by atoms with Crippen molar-refractivity contribution in [3.05, 3.63) is 42.2 Å². The molecule has 1 heterocycles. The maximum absolute atomic E-state index is 11.9. The first-order valence-corrected chi connectivity index (χ1v) is 7.91. The average Bonchev–Trinajstić information content (AvgIpc) is 3.05. The summed E-state index contributed by atoms with van der Waals surface area (Å²) in [5, 5.41) is 23.5. The molecule has 0 unspecified atom stereocenters. The third-order valence-electron chi connectivity index (χ3n) is 4.04. The molecule has 1 saturated carbocycles. The molecule has 1 fully saturated rings. The normalized spacial score (nSPS) is 20.9. The number of amides is 2. The van der Waals surface area contributed by atoms with Crippen LogP contribution in [0.3, 0.4) is 0 Å². The van der Waals surface area contributed by atoms with Crippen LogP contribution in [-0.4, -0.2) is 38.3 Å². The van der Waals surface area contributed by atoms with Gasteiger partial charge in [0, 0.05) is 0 Å². The van der Waals surface area contributed by atoms with E-state index in [-0.39, 0.29) is 12.1 Å². The van der Waals surface area contributed by atoms with Crippen molar-refractivity contribution < 1.29 is 9.90 Å². The minimum atomic E-state index is -0.451. The number of carbonyl (C=O) groups is 1. The summed E-state index contributed by atoms with van der Waals surface area (Å²) in [5.41, 5.74) is 1.59. The van der Waals surface area contributed by atoms with E-state index in [0.29, 0.717) is 12.2 Å². The predicted molar refractivity (Wildman–Crippen MR) is 85.0 cm³/mol. The Kier molecular flexibility index (Phi) is 4.87. The second-order valence-electron chi connectivity index (χ2n) is 5.78. The molecule has 2 aromatic rings. The van der Waals surface area contributed by atoms with Crippen molar-refractivity contribution in [1.29, 1.82) is 0 Å². The van der Waals surface area contributed by atoms with Gasteiger partial charge in [-0.15, -0.1) is 5.10 Å². The van der Waals surface area contributed by atoms with E-state index in [1.165, 1.54) is 0 Å². The molecule has 0 spiro atoms. The van der Waals surface area contributed by atoms with Crippen LogP contribution < -0.4 is 10.6 Å². The van der Waals surface area contributed by atoms with E-state index in [9.17, 15) is 9.90 Å². The van der Waals surface area contributed by atoms with Gasteiger partial charge in [-0.3, -0.25) is 0 Å². The van der Waals surface area contributed by atoms with E-state index in [0.717, 1.165) is 31.4 Å². The Morgan fingerprint density at radius 2 is 2.04 bits per heavy atom. The van der Waals surface area contributed by atoms with Crippen molar-refractivity contribution in [2.75, 3.05) is 0 Å². The minimum absolute atomic E-state index is 0.163. The lowest BCUT2D eigenvalue weighted by molar-refractivity contribution is 0.0943. The predicted octanol–water partition coefficient (Wildman–Crippen LogP) is 1.37. The van der Waals surface area contributed by atoms with Crippen LogP contribution in [0.1, 0.15) is 31.4 Å². The molecule has 2 amide bonds. The molecule has 0 radical (unpaired) electrons. The van der Waals surface area contributed by atoms with Crippen LogP contribution in [0.5, 0.6) is 0 Å². The van der Waals surface area contributed by atoms with E-state index in [1.807, 2.05) is 30.3 Å². The molecule has 3 rings (SSSR count). The number of carbonyl (C=O) groups excluding carboxylic acids is 1. The fourth-order valence-corrected chi connectivity index (χ4v) is 2.76. The maximum atomic E-state index is 11.9. The molecule has 0 bridgehead atoms. The fraction of sp³-hybridized carbons (Fsp3) is 0.438. The van der Waals surface area contributed by atoms with Crippen molar-refractivity contribution >= 4 is 6.03 Å². The summed E-state index contributed by atoms with van der Waals surface area (Å²) in [4.78, 5) is 11.9. The van der Waals surface area contributed by atoms with Crippen LogP contribution in [0, 0.1) is 0 Å². The van der Waals surface area contributed by atoms with E-state index < -0.39 is 6.10 Å². The molecule has 0 aliphatic heterocycles. The summed E-state index contributed by atoms with van der Waals surface area (Å²) in [7, 11) is 0. The lowest BCUT2D eigenvalue weighted by Crippen LogP contribution is -2.48. The van der Waals surface area contributed by atoms with Crippen molar-refractivity contribution in [2.24, 2.45) is 0 Å². The van der Waals surface area contributed by atoms with E-state index in [4.69, 9.17) is 0 Å². The first-order chi connectivity index (χ1) is 11.2. The van der Waals surface area contributed by atoms with Gasteiger partial charge in [-0.1, -0.05) is 36.3 Å². The van der Waals surface area contributed by atoms with Crippen molar-refractivity contribution in [3.63, 3.8) is 0 Å². The Balaban J connectivity index is 1.50. The highest BCUT2D eigenvalue weighted by Crippen LogP contribution is 2.18. The Labute approximate surface area is 134 Å². The van der Waals surface area contributed by atoms with Gasteiger partial charge in [0.15, 0.2) is 0 Å². The number of aliphatic hydroxyl groups is 1. The standard InChI is InChI=1S/C16H21N5O2/c22-15-9-5-4-8-14(15)18-16(23)17-10-12-11-21(20-19-12)13-6-2-1-3-7-13/h1-3,6-7,11,14-15,22H,4-5,8-10H2,(H2,17,18,23)/t14-,15-/m0/s1. The van der Waals surface area contributed by atoms with Gasteiger partial charge in [0.1, 0.15) is 5.69 Å². The first-order valence-electron chi connectivity index (χ1n) is 7.91. The molecule has 7 nitrogen and oxygen atoms in total. The number of nitrogens with zero attached hydrogens (tertiary/aromatic N) is 3. The molecule has 7 heteroatoms. The van der Waals surface area contributed by atoms with Gasteiger partial charge < -0.3 is 15.7 Å². The van der Waals surface area contributed by atoms with Crippen LogP contribution >= 0.6 is 0 Å². The highest BCUT2D eigenvalue weighted by molar-refractivity contribution is 5.74. The van der Waals surface area contributed by atoms with Crippen molar-refractivity contribution in [3.8, 4) is 5.69 Å². The van der Waals surface area contributed by atoms with Crippen LogP contribution in [-0.2, 0) is 6.54 Å². The van der Waals surface area contributed by atoms with Crippen LogP contribution in [0.2, 0.25) is 0 Å². The molecule has 1 aromatic heterocycles. The molecule has 3 N–H and O–H groups in total. The Morgan fingerprint density at radius 1 is 1.26 bits per heavy atom. The van der Waals surface area contributed by atoms with Gasteiger partial charge in [0.05, 0.1) is 30.6 Å². The molecular weight excluding hydrogens is 294 g/mol. The SMILES string of the molecule is O=C(NCc1cn(-c2ccccc2)nn1)N[C@H]1CCCC[C@@H]1O. The lowest BCUT2D eigenvalue weighted by atomic mass is 9.93. The second-order valence-corrected chi connectivity index (χ2v) is 5.78. The zero-order valence-electron chi connectivity index (χ0n) is 12.9. The zero-order valence-corrected chi connectivity index (χ0v) is 12.9. The molecule has 1 aliphatic rings. The Bertz CT molecular complexity index is 643. The molecule has 23 heavy (non-hydrogen) atoms. The Hall–Kier alpha value is -2.41. The number of urea groups is 1. The summed E-state index contributed by atoms with van der Waals surface area (Å²) in [6, 6.07) is 9.21. The number of hydrogen-bond donors (Lipinski definition) is 3. The van der Waals surface area contributed by atoms with Gasteiger partial charge in [0.2, 0.25) is 0 Å². The third kappa shape index (κ3) is 4.07. The van der Waals surface area contributed by atoms with Gasteiger partial charge >= 0.3 is 6.03 Å². The lowest BCUT2D eigenvalue weighted by Gasteiger charge is -2.28. The summed E-state index contributed by atoms with van der Waals surface area (Å²) in [6.45, 7) is 0.293. The number of benzene rings is 1. The Morgan fingerprint density at radius 3 is 2.83 bits per heavy atom. The first kappa shape index (κ1) is 15.5. The molecule has 122 valence electrons. The fourth-order valence-electron chi connectivity index (χ4n) is 2.76. The zero-order chi connectivity index (χ0) is 16.1. The summed E-state index contributed by atoms with van der Waals surface area (Å²) >= 11 is 0. The molecule has 0 saturated heterocycles. The average molecular weight is 315 g/mol. The summed E-state index contributed by atoms with van der Waals surface area (Å²) in [6.07, 6.45) is 4.95. The molecule has 2 atom stereocenters. The van der Waals surface area contributed by atoms with Crippen LogP contribution in [0.15, 0.2) is 36.5 Å². The number of para-hydroxylation sites is 1. The number of aliphatic hydroxyl groups excluding tert-OH is 1. The maximum Gasteiger partial charge on any atom is 0.315 e. The molecular formula is C16H21N5O2. The largest absolute Gasteiger partial charge is 0.391 e. The van der Waals surface area contributed by atoms with Gasteiger partial charge in [-0.05, 0) is 25.0 Å². The number of nitrogens with one attached hydrogen (secondary N) is 2. The number of rotatable bonds is 4. The summed E-state index contributed by atoms with van der Waals surface area (Å²) < 4.78 is 1.67. The van der Waals surface area contributed by atoms with Crippen LogP contribution in [0.25, 0.3) is 5.69 Å². The third-order valence-corrected chi connectivity index (χ3v) is 4.04. The van der Waals surface area contributed by atoms with E-state index >= 15 is 0 Å².